The van der Waals surface area contributed by atoms with Crippen LogP contribution in [0.3, 0.4) is 0 Å². The Morgan fingerprint density at radius 1 is 1.22 bits per heavy atom. The maximum absolute atomic E-state index is 14.4. The van der Waals surface area contributed by atoms with Gasteiger partial charge in [-0.25, -0.2) is 4.39 Å². The van der Waals surface area contributed by atoms with Crippen LogP contribution in [0.5, 0.6) is 11.5 Å². The molecule has 0 unspecified atom stereocenters. The third-order valence-corrected chi connectivity index (χ3v) is 3.74. The van der Waals surface area contributed by atoms with Gasteiger partial charge in [0.05, 0.1) is 32.8 Å². The Balaban J connectivity index is 0.00000242. The number of nitrogens with zero attached hydrogens (tertiary/aromatic N) is 2. The third kappa shape index (κ3) is 5.11. The molecule has 1 aromatic carbocycles. The first-order valence-electron chi connectivity index (χ1n) is 6.94. The fraction of sp³-hybridized carbons (Fsp3) is 0.533. The second-order valence-corrected chi connectivity index (χ2v) is 4.89. The highest BCUT2D eigenvalue weighted by Crippen LogP contribution is 2.35. The number of piperazine rings is 1. The largest absolute Gasteiger partial charge is 0.493 e. The summed E-state index contributed by atoms with van der Waals surface area (Å²) in [5.41, 5.74) is 0.483. The number of ether oxygens (including phenoxy) is 2. The van der Waals surface area contributed by atoms with Crippen LogP contribution in [0.15, 0.2) is 12.1 Å². The standard InChI is InChI=1S/C15H20FN3O2.2ClH/c1-20-14-9-11(12(16)10-15(14)21-2)13(3-4-17)19-7-5-18-6-8-19;;/h9-10,13,18H,3,5-8H2,1-2H3;2*1H/t13-;;/m1../s1. The van der Waals surface area contributed by atoms with E-state index in [1.165, 1.54) is 20.3 Å². The van der Waals surface area contributed by atoms with E-state index in [-0.39, 0.29) is 43.1 Å². The number of nitriles is 1. The number of nitrogens with one attached hydrogen (secondary N) is 1. The molecule has 1 N–H and O–H groups in total. The molecule has 2 rings (SSSR count). The lowest BCUT2D eigenvalue weighted by molar-refractivity contribution is 0.172. The molecular formula is C15H22Cl2FN3O2. The van der Waals surface area contributed by atoms with Crippen molar-refractivity contribution in [1.82, 2.24) is 10.2 Å². The number of benzene rings is 1. The van der Waals surface area contributed by atoms with Crippen molar-refractivity contribution < 1.29 is 13.9 Å². The summed E-state index contributed by atoms with van der Waals surface area (Å²) >= 11 is 0. The highest BCUT2D eigenvalue weighted by atomic mass is 35.5. The predicted octanol–water partition coefficient (Wildman–Crippen LogP) is 2.55. The first kappa shape index (κ1) is 21.7. The van der Waals surface area contributed by atoms with Crippen LogP contribution in [0.4, 0.5) is 4.39 Å². The van der Waals surface area contributed by atoms with Gasteiger partial charge in [0, 0.05) is 37.8 Å². The van der Waals surface area contributed by atoms with Crippen molar-refractivity contribution >= 4 is 24.8 Å². The summed E-state index contributed by atoms with van der Waals surface area (Å²) in [6.07, 6.45) is 0.242. The first-order chi connectivity index (χ1) is 10.2. The highest BCUT2D eigenvalue weighted by molar-refractivity contribution is 5.85. The SMILES string of the molecule is COc1cc(F)c([C@@H](CC#N)N2CCNCC2)cc1OC.Cl.Cl. The molecule has 1 fully saturated rings. The molecular weight excluding hydrogens is 344 g/mol. The average Bonchev–Trinajstić information content (AvgIpc) is 2.53. The van der Waals surface area contributed by atoms with E-state index in [4.69, 9.17) is 14.7 Å². The number of hydrogen-bond acceptors (Lipinski definition) is 5. The molecule has 1 heterocycles. The fourth-order valence-corrected chi connectivity index (χ4v) is 2.64. The van der Waals surface area contributed by atoms with Crippen LogP contribution in [0.2, 0.25) is 0 Å². The molecule has 1 aliphatic heterocycles. The summed E-state index contributed by atoms with van der Waals surface area (Å²) in [6.45, 7) is 3.27. The van der Waals surface area contributed by atoms with Crippen LogP contribution in [-0.4, -0.2) is 45.3 Å². The van der Waals surface area contributed by atoms with Crippen molar-refractivity contribution in [2.75, 3.05) is 40.4 Å². The second kappa shape index (κ2) is 10.5. The molecule has 0 bridgehead atoms. The van der Waals surface area contributed by atoms with E-state index in [2.05, 4.69) is 16.3 Å². The number of methoxy groups -OCH3 is 2. The Morgan fingerprint density at radius 2 is 1.78 bits per heavy atom. The summed E-state index contributed by atoms with van der Waals surface area (Å²) in [5, 5.41) is 12.3. The van der Waals surface area contributed by atoms with E-state index in [9.17, 15) is 4.39 Å². The summed E-state index contributed by atoms with van der Waals surface area (Å²) < 4.78 is 24.7. The Kier molecular flexibility index (Phi) is 9.93. The molecule has 5 nitrogen and oxygen atoms in total. The van der Waals surface area contributed by atoms with Crippen LogP contribution in [0.1, 0.15) is 18.0 Å². The minimum Gasteiger partial charge on any atom is -0.493 e. The van der Waals surface area contributed by atoms with Gasteiger partial charge in [-0.2, -0.15) is 5.26 Å². The van der Waals surface area contributed by atoms with Gasteiger partial charge >= 0.3 is 0 Å². The van der Waals surface area contributed by atoms with E-state index in [0.717, 1.165) is 26.2 Å². The van der Waals surface area contributed by atoms with Crippen molar-refractivity contribution in [3.8, 4) is 17.6 Å². The van der Waals surface area contributed by atoms with Gasteiger partial charge in [0.1, 0.15) is 5.82 Å². The highest BCUT2D eigenvalue weighted by Gasteiger charge is 2.26. The first-order valence-corrected chi connectivity index (χ1v) is 6.94. The quantitative estimate of drug-likeness (QED) is 0.868. The Morgan fingerprint density at radius 3 is 2.30 bits per heavy atom. The van der Waals surface area contributed by atoms with Gasteiger partial charge in [0.25, 0.3) is 0 Å². The molecule has 1 aromatic rings. The average molecular weight is 366 g/mol. The molecule has 130 valence electrons. The zero-order valence-corrected chi connectivity index (χ0v) is 14.8. The summed E-state index contributed by atoms with van der Waals surface area (Å²) in [7, 11) is 2.99. The van der Waals surface area contributed by atoms with Crippen molar-refractivity contribution in [3.05, 3.63) is 23.5 Å². The summed E-state index contributed by atoms with van der Waals surface area (Å²) in [4.78, 5) is 2.13. The van der Waals surface area contributed by atoms with Crippen LogP contribution in [0.25, 0.3) is 0 Å². The molecule has 0 saturated carbocycles. The lowest BCUT2D eigenvalue weighted by Crippen LogP contribution is -2.45. The minimum atomic E-state index is -0.369. The maximum atomic E-state index is 14.4. The molecule has 23 heavy (non-hydrogen) atoms. The summed E-state index contributed by atoms with van der Waals surface area (Å²) in [5.74, 6) is 0.466. The van der Waals surface area contributed by atoms with Gasteiger partial charge in [-0.3, -0.25) is 4.90 Å². The zero-order chi connectivity index (χ0) is 15.2. The Labute approximate surface area is 148 Å². The Hall–Kier alpha value is -1.26. The molecule has 1 atom stereocenters. The molecule has 0 radical (unpaired) electrons. The molecule has 1 saturated heterocycles. The number of rotatable bonds is 5. The molecule has 0 spiro atoms. The van der Waals surface area contributed by atoms with E-state index in [1.54, 1.807) is 6.07 Å². The monoisotopic (exact) mass is 365 g/mol. The zero-order valence-electron chi connectivity index (χ0n) is 13.2. The lowest BCUT2D eigenvalue weighted by atomic mass is 10.0. The predicted molar refractivity (Wildman–Crippen MR) is 91.4 cm³/mol. The van der Waals surface area contributed by atoms with Crippen molar-refractivity contribution in [2.45, 2.75) is 12.5 Å². The summed E-state index contributed by atoms with van der Waals surface area (Å²) in [6, 6.07) is 4.85. The number of halogens is 3. The third-order valence-electron chi connectivity index (χ3n) is 3.74. The molecule has 0 amide bonds. The van der Waals surface area contributed by atoms with Gasteiger partial charge in [-0.1, -0.05) is 0 Å². The van der Waals surface area contributed by atoms with E-state index >= 15 is 0 Å². The molecule has 0 aliphatic carbocycles. The Bertz CT molecular complexity index is 534. The van der Waals surface area contributed by atoms with E-state index in [1.807, 2.05) is 0 Å². The van der Waals surface area contributed by atoms with Crippen LogP contribution < -0.4 is 14.8 Å². The molecule has 1 aliphatic rings. The molecule has 8 heteroatoms. The second-order valence-electron chi connectivity index (χ2n) is 4.89. The van der Waals surface area contributed by atoms with Gasteiger partial charge < -0.3 is 14.8 Å². The minimum absolute atomic E-state index is 0. The van der Waals surface area contributed by atoms with Crippen molar-refractivity contribution in [2.24, 2.45) is 0 Å². The van der Waals surface area contributed by atoms with E-state index in [0.29, 0.717) is 17.1 Å². The number of hydrogen-bond donors (Lipinski definition) is 1. The van der Waals surface area contributed by atoms with Crippen LogP contribution >= 0.6 is 24.8 Å². The van der Waals surface area contributed by atoms with Gasteiger partial charge in [0.2, 0.25) is 0 Å². The van der Waals surface area contributed by atoms with Crippen LogP contribution in [-0.2, 0) is 0 Å². The van der Waals surface area contributed by atoms with Gasteiger partial charge in [0.15, 0.2) is 11.5 Å². The smallest absolute Gasteiger partial charge is 0.163 e. The fourth-order valence-electron chi connectivity index (χ4n) is 2.64. The van der Waals surface area contributed by atoms with Crippen molar-refractivity contribution in [3.63, 3.8) is 0 Å². The van der Waals surface area contributed by atoms with Gasteiger partial charge in [-0.15, -0.1) is 24.8 Å². The maximum Gasteiger partial charge on any atom is 0.163 e. The molecule has 0 aromatic heterocycles. The lowest BCUT2D eigenvalue weighted by Gasteiger charge is -2.34. The van der Waals surface area contributed by atoms with E-state index < -0.39 is 0 Å². The van der Waals surface area contributed by atoms with Gasteiger partial charge in [-0.05, 0) is 6.07 Å². The topological polar surface area (TPSA) is 57.5 Å². The van der Waals surface area contributed by atoms with Crippen LogP contribution in [0, 0.1) is 17.1 Å². The normalized spacial score (nSPS) is 15.6. The van der Waals surface area contributed by atoms with Crippen molar-refractivity contribution in [1.29, 1.82) is 5.26 Å².